The fourth-order valence-electron chi connectivity index (χ4n) is 2.95. The molecule has 2 N–H and O–H groups in total. The van der Waals surface area contributed by atoms with Gasteiger partial charge in [-0.05, 0) is 54.4 Å². The third-order valence-electron chi connectivity index (χ3n) is 4.12. The number of sulfone groups is 1. The van der Waals surface area contributed by atoms with Crippen molar-refractivity contribution in [3.05, 3.63) is 64.9 Å². The summed E-state index contributed by atoms with van der Waals surface area (Å²) in [6.07, 6.45) is 0. The summed E-state index contributed by atoms with van der Waals surface area (Å²) in [5, 5.41) is -0.0793. The van der Waals surface area contributed by atoms with Crippen molar-refractivity contribution in [3.63, 3.8) is 0 Å². The van der Waals surface area contributed by atoms with Crippen molar-refractivity contribution < 1.29 is 12.8 Å². The molecule has 6 heteroatoms. The molecule has 0 radical (unpaired) electrons. The fraction of sp³-hybridized carbons (Fsp3) is 0.250. The van der Waals surface area contributed by atoms with Crippen LogP contribution in [0.15, 0.2) is 53.4 Å². The molecule has 116 valence electrons. The van der Waals surface area contributed by atoms with Gasteiger partial charge >= 0.3 is 0 Å². The van der Waals surface area contributed by atoms with Gasteiger partial charge in [-0.25, -0.2) is 12.8 Å². The zero-order chi connectivity index (χ0) is 15.9. The highest BCUT2D eigenvalue weighted by molar-refractivity contribution is 7.92. The minimum Gasteiger partial charge on any atom is -0.330 e. The van der Waals surface area contributed by atoms with Crippen molar-refractivity contribution in [1.82, 2.24) is 0 Å². The Labute approximate surface area is 133 Å². The Morgan fingerprint density at radius 1 is 1.05 bits per heavy atom. The first kappa shape index (κ1) is 15.5. The molecule has 0 bridgehead atoms. The van der Waals surface area contributed by atoms with Gasteiger partial charge in [0.15, 0.2) is 9.84 Å². The summed E-state index contributed by atoms with van der Waals surface area (Å²) >= 11 is 5.80. The molecule has 0 unspecified atom stereocenters. The van der Waals surface area contributed by atoms with E-state index < -0.39 is 15.1 Å². The summed E-state index contributed by atoms with van der Waals surface area (Å²) in [7, 11) is -3.48. The van der Waals surface area contributed by atoms with Crippen molar-refractivity contribution >= 4 is 21.4 Å². The lowest BCUT2D eigenvalue weighted by Crippen LogP contribution is -2.13. The Morgan fingerprint density at radius 2 is 1.64 bits per heavy atom. The van der Waals surface area contributed by atoms with Crippen LogP contribution in [-0.2, 0) is 9.84 Å². The minimum absolute atomic E-state index is 0.147. The molecule has 1 saturated carbocycles. The van der Waals surface area contributed by atoms with Crippen molar-refractivity contribution in [3.8, 4) is 0 Å². The monoisotopic (exact) mass is 339 g/mol. The summed E-state index contributed by atoms with van der Waals surface area (Å²) in [6.45, 7) is 0.277. The molecule has 3 rings (SSSR count). The Kier molecular flexibility index (Phi) is 3.97. The predicted octanol–water partition coefficient (Wildman–Crippen LogP) is 2.99. The summed E-state index contributed by atoms with van der Waals surface area (Å²) in [6, 6.07) is 12.1. The maximum atomic E-state index is 13.0. The van der Waals surface area contributed by atoms with E-state index in [0.717, 1.165) is 5.56 Å². The van der Waals surface area contributed by atoms with Crippen LogP contribution in [0.5, 0.6) is 0 Å². The molecule has 1 aliphatic carbocycles. The number of halogens is 2. The molecule has 0 spiro atoms. The van der Waals surface area contributed by atoms with E-state index >= 15 is 0 Å². The maximum absolute atomic E-state index is 13.0. The third kappa shape index (κ3) is 2.64. The summed E-state index contributed by atoms with van der Waals surface area (Å²) < 4.78 is 38.5. The lowest BCUT2D eigenvalue weighted by Gasteiger charge is -2.04. The molecule has 0 aromatic heterocycles. The second-order valence-electron chi connectivity index (χ2n) is 5.44. The van der Waals surface area contributed by atoms with Crippen LogP contribution in [0.1, 0.15) is 11.5 Å². The number of benzene rings is 2. The molecular weight excluding hydrogens is 325 g/mol. The van der Waals surface area contributed by atoms with Crippen LogP contribution >= 0.6 is 11.6 Å². The number of hydrogen-bond acceptors (Lipinski definition) is 3. The van der Waals surface area contributed by atoms with Gasteiger partial charge in [0.25, 0.3) is 0 Å². The van der Waals surface area contributed by atoms with Crippen molar-refractivity contribution in [2.24, 2.45) is 11.7 Å². The van der Waals surface area contributed by atoms with Crippen LogP contribution in [0.2, 0.25) is 5.02 Å². The quantitative estimate of drug-likeness (QED) is 0.931. The van der Waals surface area contributed by atoms with Crippen LogP contribution < -0.4 is 5.73 Å². The molecular formula is C16H15ClFNO2S. The zero-order valence-corrected chi connectivity index (χ0v) is 13.2. The summed E-state index contributed by atoms with van der Waals surface area (Å²) in [5.74, 6) is -0.678. The second kappa shape index (κ2) is 5.65. The maximum Gasteiger partial charge on any atom is 0.182 e. The van der Waals surface area contributed by atoms with Gasteiger partial charge in [0, 0.05) is 10.9 Å². The zero-order valence-electron chi connectivity index (χ0n) is 11.6. The number of hydrogen-bond donors (Lipinski definition) is 1. The van der Waals surface area contributed by atoms with E-state index in [2.05, 4.69) is 0 Å². The van der Waals surface area contributed by atoms with Crippen molar-refractivity contribution in [1.29, 1.82) is 0 Å². The first-order chi connectivity index (χ1) is 10.4. The number of rotatable bonds is 4. The largest absolute Gasteiger partial charge is 0.330 e. The van der Waals surface area contributed by atoms with Gasteiger partial charge < -0.3 is 5.73 Å². The Balaban J connectivity index is 1.93. The van der Waals surface area contributed by atoms with Gasteiger partial charge in [-0.3, -0.25) is 0 Å². The van der Waals surface area contributed by atoms with Crippen molar-refractivity contribution in [2.75, 3.05) is 6.54 Å². The topological polar surface area (TPSA) is 60.2 Å². The first-order valence-electron chi connectivity index (χ1n) is 6.90. The van der Waals surface area contributed by atoms with Crippen LogP contribution in [0.3, 0.4) is 0 Å². The molecule has 1 fully saturated rings. The molecule has 1 aliphatic rings. The normalized spacial score (nSPS) is 24.2. The van der Waals surface area contributed by atoms with E-state index in [4.69, 9.17) is 17.3 Å². The Bertz CT molecular complexity index is 775. The molecule has 3 nitrogen and oxygen atoms in total. The molecule has 3 atom stereocenters. The molecule has 0 amide bonds. The van der Waals surface area contributed by atoms with Gasteiger partial charge in [-0.15, -0.1) is 0 Å². The van der Waals surface area contributed by atoms with Crippen LogP contribution in [0.25, 0.3) is 0 Å². The van der Waals surface area contributed by atoms with E-state index in [1.54, 1.807) is 24.3 Å². The average Bonchev–Trinajstić information content (AvgIpc) is 3.24. The highest BCUT2D eigenvalue weighted by Gasteiger charge is 2.57. The Morgan fingerprint density at radius 3 is 2.18 bits per heavy atom. The van der Waals surface area contributed by atoms with Gasteiger partial charge in [0.05, 0.1) is 10.1 Å². The first-order valence-corrected chi connectivity index (χ1v) is 8.82. The van der Waals surface area contributed by atoms with Gasteiger partial charge in [-0.2, -0.15) is 0 Å². The highest BCUT2D eigenvalue weighted by Crippen LogP contribution is 2.53. The standard InChI is InChI=1S/C16H15ClFNO2S/c17-11-3-7-13(8-4-11)22(20,21)16-14(9-19)15(16)10-1-5-12(18)6-2-10/h1-8,14-16H,9,19H2/t14-,15-,16-/m1/s1. The molecule has 0 saturated heterocycles. The molecule has 22 heavy (non-hydrogen) atoms. The predicted molar refractivity (Wildman–Crippen MR) is 84.1 cm³/mol. The molecule has 0 aliphatic heterocycles. The van der Waals surface area contributed by atoms with E-state index in [-0.39, 0.29) is 29.1 Å². The van der Waals surface area contributed by atoms with E-state index in [0.29, 0.717) is 5.02 Å². The summed E-state index contributed by atoms with van der Waals surface area (Å²) in [4.78, 5) is 0.241. The smallest absolute Gasteiger partial charge is 0.182 e. The highest BCUT2D eigenvalue weighted by atomic mass is 35.5. The van der Waals surface area contributed by atoms with Gasteiger partial charge in [0.2, 0.25) is 0 Å². The van der Waals surface area contributed by atoms with E-state index in [9.17, 15) is 12.8 Å². The molecule has 2 aromatic carbocycles. The molecule has 2 aromatic rings. The van der Waals surface area contributed by atoms with Crippen LogP contribution in [0.4, 0.5) is 4.39 Å². The van der Waals surface area contributed by atoms with E-state index in [1.807, 2.05) is 0 Å². The van der Waals surface area contributed by atoms with Crippen LogP contribution in [-0.4, -0.2) is 20.2 Å². The molecule has 0 heterocycles. The Hall–Kier alpha value is -1.43. The van der Waals surface area contributed by atoms with E-state index in [1.165, 1.54) is 24.3 Å². The van der Waals surface area contributed by atoms with Gasteiger partial charge in [0.1, 0.15) is 5.82 Å². The van der Waals surface area contributed by atoms with Crippen molar-refractivity contribution in [2.45, 2.75) is 16.1 Å². The van der Waals surface area contributed by atoms with Gasteiger partial charge in [-0.1, -0.05) is 23.7 Å². The lowest BCUT2D eigenvalue weighted by molar-refractivity contribution is 0.591. The third-order valence-corrected chi connectivity index (χ3v) is 6.66. The minimum atomic E-state index is -3.48. The number of nitrogens with two attached hydrogens (primary N) is 1. The second-order valence-corrected chi connectivity index (χ2v) is 7.98. The SMILES string of the molecule is NC[C@@H]1[C@@H](c2ccc(F)cc2)[C@@H]1S(=O)(=O)c1ccc(Cl)cc1. The lowest BCUT2D eigenvalue weighted by atomic mass is 10.1. The average molecular weight is 340 g/mol. The summed E-state index contributed by atoms with van der Waals surface area (Å²) in [5.41, 5.74) is 6.53. The van der Waals surface area contributed by atoms with Crippen LogP contribution in [0, 0.1) is 11.7 Å². The fourth-order valence-corrected chi connectivity index (χ4v) is 5.30.